The topological polar surface area (TPSA) is 89.0 Å². The van der Waals surface area contributed by atoms with Gasteiger partial charge in [-0.1, -0.05) is 55.0 Å². The van der Waals surface area contributed by atoms with Gasteiger partial charge in [-0.25, -0.2) is 5.43 Å². The molecule has 3 rings (SSSR count). The van der Waals surface area contributed by atoms with Crippen molar-refractivity contribution in [2.24, 2.45) is 5.10 Å². The molecule has 0 spiro atoms. The van der Waals surface area contributed by atoms with E-state index in [0.717, 1.165) is 23.1 Å². The Hall–Kier alpha value is -3.65. The zero-order valence-corrected chi connectivity index (χ0v) is 21.5. The predicted octanol–water partition coefficient (Wildman–Crippen LogP) is 5.39. The summed E-state index contributed by atoms with van der Waals surface area (Å²) in [6.45, 7) is 6.73. The van der Waals surface area contributed by atoms with E-state index in [-0.39, 0.29) is 0 Å². The number of para-hydroxylation sites is 1. The molecular weight excluding hydrogens is 510 g/mol. The number of hydrazone groups is 1. The molecule has 0 fully saturated rings. The zero-order valence-electron chi connectivity index (χ0n) is 19.9. The molecule has 0 saturated carbocycles. The van der Waals surface area contributed by atoms with Crippen molar-refractivity contribution in [2.45, 2.75) is 33.8 Å². The highest BCUT2D eigenvalue weighted by atomic mass is 79.9. The average Bonchev–Trinajstić information content (AvgIpc) is 2.84. The van der Waals surface area contributed by atoms with Crippen LogP contribution in [0, 0.1) is 6.92 Å². The third-order valence-electron chi connectivity index (χ3n) is 5.03. The Bertz CT molecular complexity index is 1230. The summed E-state index contributed by atoms with van der Waals surface area (Å²) in [5.74, 6) is -0.548. The molecule has 0 aliphatic carbocycles. The van der Waals surface area contributed by atoms with Crippen LogP contribution in [0.1, 0.15) is 36.1 Å². The van der Waals surface area contributed by atoms with E-state index in [1.165, 1.54) is 6.21 Å². The highest BCUT2D eigenvalue weighted by molar-refractivity contribution is 9.10. The van der Waals surface area contributed by atoms with Crippen LogP contribution >= 0.6 is 15.9 Å². The second kappa shape index (κ2) is 12.7. The summed E-state index contributed by atoms with van der Waals surface area (Å²) in [5.41, 5.74) is 6.66. The third-order valence-corrected chi connectivity index (χ3v) is 5.62. The van der Waals surface area contributed by atoms with Gasteiger partial charge >= 0.3 is 11.8 Å². The second-order valence-electron chi connectivity index (χ2n) is 7.70. The molecule has 0 aliphatic heterocycles. The Balaban J connectivity index is 1.66. The van der Waals surface area contributed by atoms with E-state index in [2.05, 4.69) is 37.8 Å². The van der Waals surface area contributed by atoms with Crippen LogP contribution in [0.25, 0.3) is 0 Å². The predicted molar refractivity (Wildman–Crippen MR) is 141 cm³/mol. The van der Waals surface area contributed by atoms with Crippen molar-refractivity contribution in [3.05, 3.63) is 87.4 Å². The number of amides is 2. The molecule has 0 radical (unpaired) electrons. The van der Waals surface area contributed by atoms with Crippen molar-refractivity contribution in [1.82, 2.24) is 5.43 Å². The first-order valence-corrected chi connectivity index (χ1v) is 12.1. The molecule has 182 valence electrons. The van der Waals surface area contributed by atoms with Crippen LogP contribution in [0.3, 0.4) is 0 Å². The lowest BCUT2D eigenvalue weighted by Crippen LogP contribution is -2.32. The van der Waals surface area contributed by atoms with Crippen LogP contribution in [-0.2, 0) is 22.6 Å². The molecule has 8 heteroatoms. The van der Waals surface area contributed by atoms with E-state index in [1.54, 1.807) is 24.3 Å². The van der Waals surface area contributed by atoms with Gasteiger partial charge in [0.25, 0.3) is 0 Å². The van der Waals surface area contributed by atoms with Gasteiger partial charge in [0.15, 0.2) is 11.5 Å². The number of aryl methyl sites for hydroxylation is 2. The first-order chi connectivity index (χ1) is 16.9. The quantitative estimate of drug-likeness (QED) is 0.217. The number of nitrogens with zero attached hydrogens (tertiary/aromatic N) is 1. The summed E-state index contributed by atoms with van der Waals surface area (Å²) in [5, 5.41) is 6.53. The van der Waals surface area contributed by atoms with Gasteiger partial charge in [0, 0.05) is 5.69 Å². The van der Waals surface area contributed by atoms with Gasteiger partial charge in [-0.2, -0.15) is 5.10 Å². The molecule has 0 unspecified atom stereocenters. The van der Waals surface area contributed by atoms with Gasteiger partial charge in [-0.15, -0.1) is 0 Å². The Morgan fingerprint density at radius 2 is 1.80 bits per heavy atom. The number of halogens is 1. The van der Waals surface area contributed by atoms with E-state index >= 15 is 0 Å². The van der Waals surface area contributed by atoms with Gasteiger partial charge in [-0.05, 0) is 71.1 Å². The standard InChI is InChI=1S/C27H28BrN3O4/c1-4-21-11-6-7-12-23(21)30-26(32)27(33)31-29-16-20-14-22(28)25(24(15-20)34-5-2)35-17-19-10-8-9-18(3)13-19/h6-16H,4-5,17H2,1-3H3,(H,30,32)(H,31,33). The summed E-state index contributed by atoms with van der Waals surface area (Å²) in [4.78, 5) is 24.4. The number of carbonyl (C=O) groups is 2. The molecule has 0 bridgehead atoms. The SMILES string of the molecule is CCOc1cc(C=NNC(=O)C(=O)Nc2ccccc2CC)cc(Br)c1OCc1cccc(C)c1. The van der Waals surface area contributed by atoms with Crippen LogP contribution in [-0.4, -0.2) is 24.6 Å². The van der Waals surface area contributed by atoms with Crippen LogP contribution in [0.4, 0.5) is 5.69 Å². The largest absolute Gasteiger partial charge is 0.490 e. The number of benzene rings is 3. The van der Waals surface area contributed by atoms with Crippen molar-refractivity contribution >= 4 is 39.6 Å². The van der Waals surface area contributed by atoms with Crippen LogP contribution < -0.4 is 20.2 Å². The minimum Gasteiger partial charge on any atom is -0.490 e. The Morgan fingerprint density at radius 3 is 2.54 bits per heavy atom. The normalized spacial score (nSPS) is 10.7. The molecule has 0 saturated heterocycles. The van der Waals surface area contributed by atoms with Gasteiger partial charge in [-0.3, -0.25) is 9.59 Å². The molecule has 2 N–H and O–H groups in total. The van der Waals surface area contributed by atoms with Crippen LogP contribution in [0.15, 0.2) is 70.2 Å². The fourth-order valence-corrected chi connectivity index (χ4v) is 3.94. The minimum absolute atomic E-state index is 0.389. The van der Waals surface area contributed by atoms with E-state index < -0.39 is 11.8 Å². The Kier molecular flexibility index (Phi) is 9.43. The summed E-state index contributed by atoms with van der Waals surface area (Å²) < 4.78 is 12.5. The number of ether oxygens (including phenoxy) is 2. The highest BCUT2D eigenvalue weighted by Gasteiger charge is 2.15. The maximum absolute atomic E-state index is 12.2. The number of nitrogens with one attached hydrogen (secondary N) is 2. The summed E-state index contributed by atoms with van der Waals surface area (Å²) in [7, 11) is 0. The molecule has 7 nitrogen and oxygen atoms in total. The van der Waals surface area contributed by atoms with Crippen molar-refractivity contribution < 1.29 is 19.1 Å². The van der Waals surface area contributed by atoms with Gasteiger partial charge in [0.2, 0.25) is 0 Å². The highest BCUT2D eigenvalue weighted by Crippen LogP contribution is 2.37. The molecule has 0 aliphatic rings. The van der Waals surface area contributed by atoms with Crippen molar-refractivity contribution in [1.29, 1.82) is 0 Å². The monoisotopic (exact) mass is 537 g/mol. The lowest BCUT2D eigenvalue weighted by molar-refractivity contribution is -0.136. The summed E-state index contributed by atoms with van der Waals surface area (Å²) >= 11 is 3.53. The van der Waals surface area contributed by atoms with E-state index in [1.807, 2.05) is 51.1 Å². The van der Waals surface area contributed by atoms with Crippen molar-refractivity contribution in [2.75, 3.05) is 11.9 Å². The Morgan fingerprint density at radius 1 is 1.00 bits per heavy atom. The molecule has 3 aromatic rings. The number of rotatable bonds is 9. The summed E-state index contributed by atoms with van der Waals surface area (Å²) in [6, 6.07) is 19.0. The zero-order chi connectivity index (χ0) is 25.2. The second-order valence-corrected chi connectivity index (χ2v) is 8.56. The number of hydrogen-bond acceptors (Lipinski definition) is 5. The van der Waals surface area contributed by atoms with E-state index in [0.29, 0.717) is 40.4 Å². The lowest BCUT2D eigenvalue weighted by Gasteiger charge is -2.15. The van der Waals surface area contributed by atoms with E-state index in [4.69, 9.17) is 9.47 Å². The van der Waals surface area contributed by atoms with Gasteiger partial charge in [0.1, 0.15) is 6.61 Å². The smallest absolute Gasteiger partial charge is 0.329 e. The number of carbonyl (C=O) groups excluding carboxylic acids is 2. The number of hydrogen-bond donors (Lipinski definition) is 2. The molecule has 35 heavy (non-hydrogen) atoms. The fourth-order valence-electron chi connectivity index (χ4n) is 3.37. The van der Waals surface area contributed by atoms with Gasteiger partial charge in [0.05, 0.1) is 17.3 Å². The van der Waals surface area contributed by atoms with Crippen molar-refractivity contribution in [3.63, 3.8) is 0 Å². The maximum Gasteiger partial charge on any atom is 0.329 e. The minimum atomic E-state index is -0.866. The Labute approximate surface area is 213 Å². The van der Waals surface area contributed by atoms with E-state index in [9.17, 15) is 9.59 Å². The first-order valence-electron chi connectivity index (χ1n) is 11.3. The van der Waals surface area contributed by atoms with Crippen LogP contribution in [0.5, 0.6) is 11.5 Å². The molecular formula is C27H28BrN3O4. The molecule has 0 heterocycles. The van der Waals surface area contributed by atoms with Crippen molar-refractivity contribution in [3.8, 4) is 11.5 Å². The molecule has 0 aromatic heterocycles. The average molecular weight is 538 g/mol. The summed E-state index contributed by atoms with van der Waals surface area (Å²) in [6.07, 6.45) is 2.17. The fraction of sp³-hybridized carbons (Fsp3) is 0.222. The molecule has 3 aromatic carbocycles. The maximum atomic E-state index is 12.2. The lowest BCUT2D eigenvalue weighted by atomic mass is 10.1. The first kappa shape index (κ1) is 26.0. The molecule has 0 atom stereocenters. The van der Waals surface area contributed by atoms with Crippen LogP contribution in [0.2, 0.25) is 0 Å². The number of anilines is 1. The molecule has 2 amide bonds. The third kappa shape index (κ3) is 7.42. The van der Waals surface area contributed by atoms with Gasteiger partial charge < -0.3 is 14.8 Å².